The Balaban J connectivity index is 1.47. The summed E-state index contributed by atoms with van der Waals surface area (Å²) in [6.07, 6.45) is 0.418. The molecule has 5 nitrogen and oxygen atoms in total. The molecule has 3 aromatic rings. The second-order valence-electron chi connectivity index (χ2n) is 6.98. The van der Waals surface area contributed by atoms with Crippen LogP contribution in [0, 0.1) is 13.8 Å². The Bertz CT molecular complexity index is 913. The normalized spacial score (nSPS) is 17.1. The first-order valence-corrected chi connectivity index (χ1v) is 8.82. The van der Waals surface area contributed by atoms with E-state index >= 15 is 0 Å². The number of carbonyl (C=O) groups is 1. The minimum absolute atomic E-state index is 0.0420. The Labute approximate surface area is 152 Å². The van der Waals surface area contributed by atoms with Gasteiger partial charge in [-0.25, -0.2) is 0 Å². The highest BCUT2D eigenvalue weighted by Crippen LogP contribution is 2.29. The van der Waals surface area contributed by atoms with E-state index in [0.717, 1.165) is 11.1 Å². The molecule has 0 unspecified atom stereocenters. The lowest BCUT2D eigenvalue weighted by atomic mass is 10.1. The number of carbonyl (C=O) groups excluding carboxylic acids is 1. The average molecular weight is 347 g/mol. The largest absolute Gasteiger partial charge is 0.339 e. The number of rotatable bonds is 4. The zero-order valence-electron chi connectivity index (χ0n) is 15.0. The molecule has 4 rings (SSSR count). The molecule has 1 amide bonds. The van der Waals surface area contributed by atoms with Crippen molar-refractivity contribution in [3.63, 3.8) is 0 Å². The first-order valence-electron chi connectivity index (χ1n) is 8.82. The third kappa shape index (κ3) is 3.38. The minimum atomic E-state index is -0.0420. The second kappa shape index (κ2) is 6.75. The molecule has 26 heavy (non-hydrogen) atoms. The molecule has 1 saturated heterocycles. The van der Waals surface area contributed by atoms with Crippen LogP contribution in [0.15, 0.2) is 53.1 Å². The number of hydrogen-bond acceptors (Lipinski definition) is 4. The summed E-state index contributed by atoms with van der Waals surface area (Å²) in [5, 5.41) is 4.09. The van der Waals surface area contributed by atoms with Crippen LogP contribution in [0.2, 0.25) is 0 Å². The number of hydrogen-bond donors (Lipinski definition) is 0. The molecule has 1 aliphatic heterocycles. The van der Waals surface area contributed by atoms with Crippen LogP contribution in [0.1, 0.15) is 34.9 Å². The summed E-state index contributed by atoms with van der Waals surface area (Å²) in [6.45, 7) is 5.33. The molecule has 0 N–H and O–H groups in total. The van der Waals surface area contributed by atoms with Gasteiger partial charge in [0.2, 0.25) is 17.6 Å². The van der Waals surface area contributed by atoms with Crippen molar-refractivity contribution in [1.29, 1.82) is 0 Å². The van der Waals surface area contributed by atoms with Gasteiger partial charge in [-0.3, -0.25) is 4.79 Å². The number of aromatic nitrogens is 2. The van der Waals surface area contributed by atoms with Crippen LogP contribution in [-0.2, 0) is 11.3 Å². The third-order valence-electron chi connectivity index (χ3n) is 4.81. The van der Waals surface area contributed by atoms with E-state index in [1.807, 2.05) is 36.1 Å². The zero-order valence-corrected chi connectivity index (χ0v) is 15.0. The van der Waals surface area contributed by atoms with Crippen LogP contribution >= 0.6 is 0 Å². The topological polar surface area (TPSA) is 59.2 Å². The van der Waals surface area contributed by atoms with E-state index in [4.69, 9.17) is 4.52 Å². The molecule has 0 aliphatic carbocycles. The van der Waals surface area contributed by atoms with Gasteiger partial charge >= 0.3 is 0 Å². The van der Waals surface area contributed by atoms with Crippen molar-refractivity contribution in [2.45, 2.75) is 32.7 Å². The van der Waals surface area contributed by atoms with E-state index in [1.165, 1.54) is 11.1 Å². The summed E-state index contributed by atoms with van der Waals surface area (Å²) in [6, 6.07) is 16.3. The van der Waals surface area contributed by atoms with Gasteiger partial charge in [0.05, 0.1) is 5.92 Å². The molecular formula is C21H21N3O2. The molecule has 0 spiro atoms. The molecule has 2 aromatic carbocycles. The third-order valence-corrected chi connectivity index (χ3v) is 4.81. The van der Waals surface area contributed by atoms with E-state index in [1.54, 1.807) is 0 Å². The van der Waals surface area contributed by atoms with Gasteiger partial charge < -0.3 is 9.42 Å². The van der Waals surface area contributed by atoms with Crippen molar-refractivity contribution in [1.82, 2.24) is 15.0 Å². The summed E-state index contributed by atoms with van der Waals surface area (Å²) < 4.78 is 5.46. The number of nitrogens with zero attached hydrogens (tertiary/aromatic N) is 3. The highest BCUT2D eigenvalue weighted by molar-refractivity contribution is 5.79. The van der Waals surface area contributed by atoms with Crippen molar-refractivity contribution in [2.75, 3.05) is 6.54 Å². The Morgan fingerprint density at radius 3 is 2.38 bits per heavy atom. The molecular weight excluding hydrogens is 326 g/mol. The highest BCUT2D eigenvalue weighted by Gasteiger charge is 2.34. The summed E-state index contributed by atoms with van der Waals surface area (Å²) in [7, 11) is 0. The summed E-state index contributed by atoms with van der Waals surface area (Å²) in [4.78, 5) is 18.8. The summed E-state index contributed by atoms with van der Waals surface area (Å²) in [5.41, 5.74) is 4.46. The van der Waals surface area contributed by atoms with Crippen LogP contribution in [0.25, 0.3) is 11.4 Å². The fraction of sp³-hybridized carbons (Fsp3) is 0.286. The first-order chi connectivity index (χ1) is 12.6. The number of benzene rings is 2. The molecule has 1 aromatic heterocycles. The van der Waals surface area contributed by atoms with Gasteiger partial charge in [-0.15, -0.1) is 0 Å². The lowest BCUT2D eigenvalue weighted by Crippen LogP contribution is -2.24. The van der Waals surface area contributed by atoms with Crippen molar-refractivity contribution < 1.29 is 9.32 Å². The van der Waals surface area contributed by atoms with E-state index in [9.17, 15) is 4.79 Å². The van der Waals surface area contributed by atoms with Crippen LogP contribution in [0.5, 0.6) is 0 Å². The Hall–Kier alpha value is -2.95. The van der Waals surface area contributed by atoms with Crippen molar-refractivity contribution in [3.05, 3.63) is 71.1 Å². The van der Waals surface area contributed by atoms with Crippen LogP contribution in [0.4, 0.5) is 0 Å². The number of amides is 1. The molecule has 1 aliphatic rings. The van der Waals surface area contributed by atoms with Crippen molar-refractivity contribution in [3.8, 4) is 11.4 Å². The van der Waals surface area contributed by atoms with Crippen LogP contribution in [-0.4, -0.2) is 27.5 Å². The van der Waals surface area contributed by atoms with Gasteiger partial charge in [0.25, 0.3) is 0 Å². The maximum Gasteiger partial charge on any atom is 0.232 e. The fourth-order valence-corrected chi connectivity index (χ4v) is 3.23. The van der Waals surface area contributed by atoms with Crippen LogP contribution < -0.4 is 0 Å². The van der Waals surface area contributed by atoms with E-state index in [2.05, 4.69) is 41.3 Å². The Morgan fingerprint density at radius 1 is 1.04 bits per heavy atom. The maximum absolute atomic E-state index is 12.4. The van der Waals surface area contributed by atoms with E-state index < -0.39 is 0 Å². The first kappa shape index (κ1) is 16.5. The molecule has 0 saturated carbocycles. The van der Waals surface area contributed by atoms with Gasteiger partial charge in [0.1, 0.15) is 0 Å². The van der Waals surface area contributed by atoms with Gasteiger partial charge in [0, 0.05) is 25.1 Å². The standard InChI is InChI=1S/C21H21N3O2/c1-14-3-7-16(8-4-14)12-24-13-18(11-19(24)25)21-22-20(23-26-21)17-9-5-15(2)6-10-17/h3-10,18H,11-13H2,1-2H3/t18-/m1/s1. The van der Waals surface area contributed by atoms with Gasteiger partial charge in [-0.1, -0.05) is 64.8 Å². The smallest absolute Gasteiger partial charge is 0.232 e. The molecule has 1 atom stereocenters. The number of aryl methyl sites for hydroxylation is 2. The van der Waals surface area contributed by atoms with Crippen LogP contribution in [0.3, 0.4) is 0 Å². The second-order valence-corrected chi connectivity index (χ2v) is 6.98. The molecule has 1 fully saturated rings. The quantitative estimate of drug-likeness (QED) is 0.719. The maximum atomic E-state index is 12.4. The predicted octanol–water partition coefficient (Wildman–Crippen LogP) is 3.87. The highest BCUT2D eigenvalue weighted by atomic mass is 16.5. The molecule has 5 heteroatoms. The summed E-state index contributed by atoms with van der Waals surface area (Å²) in [5.74, 6) is 1.20. The number of likely N-dealkylation sites (tertiary alicyclic amines) is 1. The minimum Gasteiger partial charge on any atom is -0.339 e. The molecule has 0 radical (unpaired) electrons. The molecule has 2 heterocycles. The van der Waals surface area contributed by atoms with Crippen molar-refractivity contribution >= 4 is 5.91 Å². The summed E-state index contributed by atoms with van der Waals surface area (Å²) >= 11 is 0. The molecule has 132 valence electrons. The van der Waals surface area contributed by atoms with Crippen molar-refractivity contribution in [2.24, 2.45) is 0 Å². The van der Waals surface area contributed by atoms with Gasteiger partial charge in [0.15, 0.2) is 0 Å². The monoisotopic (exact) mass is 347 g/mol. The molecule has 0 bridgehead atoms. The average Bonchev–Trinajstić information content (AvgIpc) is 3.25. The SMILES string of the molecule is Cc1ccc(CN2C[C@H](c3nc(-c4ccc(C)cc4)no3)CC2=O)cc1. The van der Waals surface area contributed by atoms with E-state index in [0.29, 0.717) is 31.2 Å². The van der Waals surface area contributed by atoms with Gasteiger partial charge in [-0.2, -0.15) is 4.98 Å². The fourth-order valence-electron chi connectivity index (χ4n) is 3.23. The Morgan fingerprint density at radius 2 is 1.69 bits per heavy atom. The van der Waals surface area contributed by atoms with Gasteiger partial charge in [-0.05, 0) is 19.4 Å². The predicted molar refractivity (Wildman–Crippen MR) is 98.4 cm³/mol. The lowest BCUT2D eigenvalue weighted by molar-refractivity contribution is -0.128. The zero-order chi connectivity index (χ0) is 18.1. The van der Waals surface area contributed by atoms with E-state index in [-0.39, 0.29) is 11.8 Å². The lowest BCUT2D eigenvalue weighted by Gasteiger charge is -2.16. The Kier molecular flexibility index (Phi) is 4.29.